The van der Waals surface area contributed by atoms with Crippen LogP contribution in [-0.2, 0) is 27.1 Å². The fourth-order valence-corrected chi connectivity index (χ4v) is 23.6. The summed E-state index contributed by atoms with van der Waals surface area (Å²) in [6.07, 6.45) is 16.3. The Morgan fingerprint density at radius 1 is 0.439 bits per heavy atom. The average molecular weight is 1060 g/mol. The number of hydrogen-bond acceptors (Lipinski definition) is 3. The van der Waals surface area contributed by atoms with Crippen LogP contribution in [0.25, 0.3) is 0 Å². The van der Waals surface area contributed by atoms with Crippen molar-refractivity contribution < 1.29 is 0 Å². The van der Waals surface area contributed by atoms with Crippen molar-refractivity contribution in [1.82, 2.24) is 0 Å². The molecule has 8 aromatic carbocycles. The van der Waals surface area contributed by atoms with E-state index in [9.17, 15) is 0 Å². The van der Waals surface area contributed by atoms with Gasteiger partial charge in [0.05, 0.1) is 11.0 Å². The fourth-order valence-electron chi connectivity index (χ4n) is 23.6. The largest absolute Gasteiger partial charge is 0.334 e. The molecule has 9 aliphatic carbocycles. The van der Waals surface area contributed by atoms with Crippen LogP contribution in [0.1, 0.15) is 156 Å². The van der Waals surface area contributed by atoms with Gasteiger partial charge in [-0.15, -0.1) is 0 Å². The first kappa shape index (κ1) is 46.7. The van der Waals surface area contributed by atoms with Crippen LogP contribution in [0.3, 0.4) is 0 Å². The second kappa shape index (κ2) is 14.9. The van der Waals surface area contributed by atoms with Crippen molar-refractivity contribution in [3.05, 3.63) is 220 Å². The summed E-state index contributed by atoms with van der Waals surface area (Å²) < 4.78 is 0. The fraction of sp³-hybridized carbons (Fsp3) is 0.385. The van der Waals surface area contributed by atoms with Gasteiger partial charge in [-0.05, 0) is 238 Å². The molecular formula is C78H74BN3. The molecule has 6 unspecified atom stereocenters. The van der Waals surface area contributed by atoms with E-state index in [1.54, 1.807) is 11.1 Å². The van der Waals surface area contributed by atoms with E-state index >= 15 is 0 Å². The first-order valence-corrected chi connectivity index (χ1v) is 32.2. The summed E-state index contributed by atoms with van der Waals surface area (Å²) >= 11 is 0. The third-order valence-electron chi connectivity index (χ3n) is 27.0. The maximum Gasteiger partial charge on any atom is 0.253 e. The zero-order valence-corrected chi connectivity index (χ0v) is 48.6. The lowest BCUT2D eigenvalue weighted by Crippen LogP contribution is -2.87. The van der Waals surface area contributed by atoms with E-state index in [2.05, 4.69) is 225 Å². The molecule has 4 bridgehead atoms. The molecule has 0 aromatic heterocycles. The summed E-state index contributed by atoms with van der Waals surface area (Å²) in [6.45, 7) is 12.5. The lowest BCUT2D eigenvalue weighted by atomic mass is 9.12. The van der Waals surface area contributed by atoms with E-state index < -0.39 is 5.41 Å². The van der Waals surface area contributed by atoms with Gasteiger partial charge in [-0.25, -0.2) is 0 Å². The zero-order valence-electron chi connectivity index (χ0n) is 48.6. The molecular weight excluding hydrogens is 990 g/mol. The molecule has 8 aromatic rings. The molecule has 6 atom stereocenters. The van der Waals surface area contributed by atoms with Crippen LogP contribution in [0.5, 0.6) is 0 Å². The highest BCUT2D eigenvalue weighted by Crippen LogP contribution is 2.92. The molecule has 9 fully saturated rings. The molecule has 4 heterocycles. The molecule has 1 spiro atoms. The lowest BCUT2D eigenvalue weighted by molar-refractivity contribution is -0.395. The molecule has 0 radical (unpaired) electrons. The highest BCUT2D eigenvalue weighted by molar-refractivity contribution is 7.01. The van der Waals surface area contributed by atoms with Crippen molar-refractivity contribution >= 4 is 68.6 Å². The highest BCUT2D eigenvalue weighted by Gasteiger charge is 2.87. The van der Waals surface area contributed by atoms with Crippen molar-refractivity contribution in [2.45, 2.75) is 144 Å². The molecule has 4 heteroatoms. The van der Waals surface area contributed by atoms with Gasteiger partial charge in [-0.2, -0.15) is 0 Å². The quantitative estimate of drug-likeness (QED) is 0.147. The van der Waals surface area contributed by atoms with Crippen molar-refractivity contribution in [2.24, 2.45) is 40.9 Å². The first-order valence-electron chi connectivity index (χ1n) is 32.2. The van der Waals surface area contributed by atoms with E-state index in [0.717, 1.165) is 41.9 Å². The molecule has 3 nitrogen and oxygen atoms in total. The number of benzene rings is 8. The molecule has 21 rings (SSSR count). The number of fused-ring (bicyclic) bond motifs is 3. The van der Waals surface area contributed by atoms with Gasteiger partial charge in [0.1, 0.15) is 0 Å². The van der Waals surface area contributed by atoms with Gasteiger partial charge in [0.2, 0.25) is 0 Å². The smallest absolute Gasteiger partial charge is 0.253 e. The Morgan fingerprint density at radius 3 is 1.52 bits per heavy atom. The molecule has 0 N–H and O–H groups in total. The number of hydrogen-bond donors (Lipinski definition) is 0. The maximum absolute atomic E-state index is 2.88. The van der Waals surface area contributed by atoms with Crippen LogP contribution in [0.15, 0.2) is 176 Å². The Kier molecular flexibility index (Phi) is 8.50. The van der Waals surface area contributed by atoms with Crippen LogP contribution >= 0.6 is 0 Å². The monoisotopic (exact) mass is 1060 g/mol. The van der Waals surface area contributed by atoms with Crippen molar-refractivity contribution in [3.8, 4) is 0 Å². The normalized spacial score (nSPS) is 33.8. The van der Waals surface area contributed by atoms with Crippen molar-refractivity contribution in [2.75, 3.05) is 14.7 Å². The average Bonchev–Trinajstić information content (AvgIpc) is 0.793. The Hall–Kier alpha value is -6.78. The molecule has 9 saturated carbocycles. The van der Waals surface area contributed by atoms with Gasteiger partial charge in [0.15, 0.2) is 0 Å². The summed E-state index contributed by atoms with van der Waals surface area (Å²) in [5.74, 6) is 5.65. The number of nitrogens with zero attached hydrogens (tertiary/aromatic N) is 3. The molecule has 13 aliphatic rings. The third kappa shape index (κ3) is 5.04. The molecule has 82 heavy (non-hydrogen) atoms. The van der Waals surface area contributed by atoms with Gasteiger partial charge in [-0.3, -0.25) is 0 Å². The molecule has 4 aliphatic heterocycles. The summed E-state index contributed by atoms with van der Waals surface area (Å²) in [4.78, 5) is 8.42. The van der Waals surface area contributed by atoms with Crippen LogP contribution in [0.4, 0.5) is 45.5 Å². The first-order chi connectivity index (χ1) is 39.9. The van der Waals surface area contributed by atoms with Crippen LogP contribution in [0, 0.1) is 40.9 Å². The number of anilines is 8. The standard InChI is InChI=1S/C78H74BN3/c1-72(2,3)53-28-33-64-63(40-53)73(4)34-12-13-35-74(73,5)82(64)60-41-67-71-68(42-60)81(59-31-26-50(27-32-59)76-45-56-38-55-39-57(46-76)78(55,56)76)66-23-15-21-62-70(66)79(71)69-61(77(62,51-16-8-6-9-17-51)52-18-10-7-11-19-52)20-14-22-65(69)80(67)58-29-24-49(25-30-58)75-43-47-36-54(75)37-48(47)44-75/h6-11,14-33,40-42,47-48,54-57H,12-13,34-39,43-46H2,1-5H3. The second-order valence-electron chi connectivity index (χ2n) is 30.4. The van der Waals surface area contributed by atoms with Gasteiger partial charge in [0, 0.05) is 56.3 Å². The third-order valence-corrected chi connectivity index (χ3v) is 27.0. The van der Waals surface area contributed by atoms with E-state index in [1.165, 1.54) is 166 Å². The minimum absolute atomic E-state index is 0.00999. The lowest BCUT2D eigenvalue weighted by Gasteiger charge is -2.91. The van der Waals surface area contributed by atoms with E-state index in [1.807, 2.05) is 0 Å². The molecule has 0 saturated heterocycles. The van der Waals surface area contributed by atoms with E-state index in [4.69, 9.17) is 0 Å². The number of rotatable bonds is 7. The Balaban J connectivity index is 0.876. The van der Waals surface area contributed by atoms with Gasteiger partial charge in [-0.1, -0.05) is 162 Å². The van der Waals surface area contributed by atoms with Crippen LogP contribution in [0.2, 0.25) is 0 Å². The maximum atomic E-state index is 2.88. The Morgan fingerprint density at radius 2 is 1.00 bits per heavy atom. The highest BCUT2D eigenvalue weighted by atomic mass is 15.3. The van der Waals surface area contributed by atoms with Gasteiger partial charge in [0.25, 0.3) is 6.71 Å². The summed E-state index contributed by atoms with van der Waals surface area (Å²) in [5.41, 5.74) is 27.2. The predicted molar refractivity (Wildman–Crippen MR) is 338 cm³/mol. The van der Waals surface area contributed by atoms with Crippen LogP contribution < -0.4 is 31.1 Å². The second-order valence-corrected chi connectivity index (χ2v) is 30.4. The summed E-state index contributed by atoms with van der Waals surface area (Å²) in [5, 5.41) is 0. The van der Waals surface area contributed by atoms with Crippen molar-refractivity contribution in [3.63, 3.8) is 0 Å². The zero-order chi connectivity index (χ0) is 54.2. The predicted octanol–water partition coefficient (Wildman–Crippen LogP) is 16.9. The van der Waals surface area contributed by atoms with Gasteiger partial charge < -0.3 is 14.7 Å². The van der Waals surface area contributed by atoms with E-state index in [0.29, 0.717) is 16.2 Å². The minimum Gasteiger partial charge on any atom is -0.334 e. The SMILES string of the molecule is CC(C)(C)c1ccc2c(c1)C1(C)CCCCC1(C)N2c1cc2c3c(c1)N(c1ccc(C45CC6CC7CC(C4)C765)cc1)c1cccc4c1B3c1c(cccc1C4(c1ccccc1)c1ccccc1)N2c1ccc(C23CC4CC2CC4C3)cc1. The van der Waals surface area contributed by atoms with E-state index in [-0.39, 0.29) is 23.1 Å². The molecule has 404 valence electrons. The Labute approximate surface area is 486 Å². The Bertz CT molecular complexity index is 4040. The van der Waals surface area contributed by atoms with Crippen molar-refractivity contribution in [1.29, 1.82) is 0 Å². The topological polar surface area (TPSA) is 9.72 Å². The summed E-state index contributed by atoms with van der Waals surface area (Å²) in [6, 6.07) is 71.7. The van der Waals surface area contributed by atoms with Crippen LogP contribution in [-0.4, -0.2) is 12.3 Å². The minimum atomic E-state index is -0.579. The summed E-state index contributed by atoms with van der Waals surface area (Å²) in [7, 11) is 0. The molecule has 0 amide bonds. The van der Waals surface area contributed by atoms with Gasteiger partial charge >= 0.3 is 0 Å².